The van der Waals surface area contributed by atoms with E-state index in [0.29, 0.717) is 0 Å². The summed E-state index contributed by atoms with van der Waals surface area (Å²) >= 11 is 6.13. The van der Waals surface area contributed by atoms with Crippen molar-refractivity contribution in [1.82, 2.24) is 5.32 Å². The lowest BCUT2D eigenvalue weighted by molar-refractivity contribution is 0.543. The van der Waals surface area contributed by atoms with Crippen LogP contribution in [-0.4, -0.2) is 6.54 Å². The van der Waals surface area contributed by atoms with E-state index in [1.54, 1.807) is 6.07 Å². The van der Waals surface area contributed by atoms with Crippen LogP contribution in [0, 0.1) is 19.7 Å². The van der Waals surface area contributed by atoms with E-state index < -0.39 is 0 Å². The second-order valence-corrected chi connectivity index (χ2v) is 5.82. The molecular weight excluding hydrogens is 285 g/mol. The van der Waals surface area contributed by atoms with Gasteiger partial charge in [0.25, 0.3) is 0 Å². The first-order valence-electron chi connectivity index (χ1n) is 7.25. The summed E-state index contributed by atoms with van der Waals surface area (Å²) in [6, 6.07) is 11.0. The molecule has 3 heteroatoms. The normalized spacial score (nSPS) is 12.4. The maximum Gasteiger partial charge on any atom is 0.123 e. The predicted molar refractivity (Wildman–Crippen MR) is 87.4 cm³/mol. The molecule has 0 aliphatic carbocycles. The first-order valence-corrected chi connectivity index (χ1v) is 7.63. The van der Waals surface area contributed by atoms with Crippen LogP contribution in [0.15, 0.2) is 36.4 Å². The van der Waals surface area contributed by atoms with Gasteiger partial charge in [0.1, 0.15) is 5.82 Å². The van der Waals surface area contributed by atoms with Crippen molar-refractivity contribution < 1.29 is 4.39 Å². The van der Waals surface area contributed by atoms with Crippen molar-refractivity contribution in [2.24, 2.45) is 0 Å². The van der Waals surface area contributed by atoms with Gasteiger partial charge < -0.3 is 5.32 Å². The highest BCUT2D eigenvalue weighted by atomic mass is 35.5. The van der Waals surface area contributed by atoms with Crippen molar-refractivity contribution in [1.29, 1.82) is 0 Å². The van der Waals surface area contributed by atoms with E-state index in [4.69, 9.17) is 11.6 Å². The largest absolute Gasteiger partial charge is 0.310 e. The Hall–Kier alpha value is -1.38. The van der Waals surface area contributed by atoms with Gasteiger partial charge in [-0.25, -0.2) is 4.39 Å². The Morgan fingerprint density at radius 3 is 2.52 bits per heavy atom. The summed E-state index contributed by atoms with van der Waals surface area (Å²) in [4.78, 5) is 0. The van der Waals surface area contributed by atoms with Gasteiger partial charge in [-0.3, -0.25) is 0 Å². The number of hydrogen-bond acceptors (Lipinski definition) is 1. The van der Waals surface area contributed by atoms with Crippen LogP contribution >= 0.6 is 11.6 Å². The summed E-state index contributed by atoms with van der Waals surface area (Å²) in [5.74, 6) is -0.186. The van der Waals surface area contributed by atoms with E-state index in [-0.39, 0.29) is 11.9 Å². The van der Waals surface area contributed by atoms with Gasteiger partial charge >= 0.3 is 0 Å². The van der Waals surface area contributed by atoms with Crippen molar-refractivity contribution in [3.63, 3.8) is 0 Å². The topological polar surface area (TPSA) is 12.0 Å². The van der Waals surface area contributed by atoms with E-state index in [0.717, 1.165) is 29.1 Å². The first kappa shape index (κ1) is 16.0. The Morgan fingerprint density at radius 2 is 1.81 bits per heavy atom. The summed E-state index contributed by atoms with van der Waals surface area (Å²) in [6.45, 7) is 7.02. The second-order valence-electron chi connectivity index (χ2n) is 5.39. The van der Waals surface area contributed by atoms with Gasteiger partial charge in [-0.05, 0) is 73.3 Å². The molecule has 2 rings (SSSR count). The second kappa shape index (κ2) is 7.06. The Kier molecular flexibility index (Phi) is 5.38. The third kappa shape index (κ3) is 4.05. The summed E-state index contributed by atoms with van der Waals surface area (Å²) in [6.07, 6.45) is 0.749. The van der Waals surface area contributed by atoms with Gasteiger partial charge in [0, 0.05) is 11.1 Å². The standard InChI is InChI=1S/C18H21ClFN/c1-4-21-18(17-11-15(19)7-5-13(17)3)10-14-9-16(20)8-6-12(14)2/h5-9,11,18,21H,4,10H2,1-3H3. The van der Waals surface area contributed by atoms with Crippen LogP contribution < -0.4 is 5.32 Å². The van der Waals surface area contributed by atoms with Crippen molar-refractivity contribution in [3.05, 3.63) is 69.5 Å². The number of benzene rings is 2. The fourth-order valence-corrected chi connectivity index (χ4v) is 2.79. The fourth-order valence-electron chi connectivity index (χ4n) is 2.61. The van der Waals surface area contributed by atoms with Crippen LogP contribution in [0.2, 0.25) is 5.02 Å². The average molecular weight is 306 g/mol. The Morgan fingerprint density at radius 1 is 1.10 bits per heavy atom. The van der Waals surface area contributed by atoms with Crippen LogP contribution in [0.3, 0.4) is 0 Å². The van der Waals surface area contributed by atoms with Gasteiger partial charge in [0.2, 0.25) is 0 Å². The fraction of sp³-hybridized carbons (Fsp3) is 0.333. The molecule has 2 aromatic carbocycles. The molecule has 1 unspecified atom stereocenters. The smallest absolute Gasteiger partial charge is 0.123 e. The third-order valence-corrected chi connectivity index (χ3v) is 4.04. The minimum Gasteiger partial charge on any atom is -0.310 e. The zero-order valence-electron chi connectivity index (χ0n) is 12.7. The molecule has 0 radical (unpaired) electrons. The van der Waals surface area contributed by atoms with E-state index in [9.17, 15) is 4.39 Å². The molecule has 0 saturated carbocycles. The molecule has 0 saturated heterocycles. The molecule has 21 heavy (non-hydrogen) atoms. The Balaban J connectivity index is 2.35. The van der Waals surface area contributed by atoms with Crippen molar-refractivity contribution in [3.8, 4) is 0 Å². The minimum atomic E-state index is -0.186. The monoisotopic (exact) mass is 305 g/mol. The molecule has 0 aromatic heterocycles. The van der Waals surface area contributed by atoms with Gasteiger partial charge in [-0.15, -0.1) is 0 Å². The minimum absolute atomic E-state index is 0.134. The highest BCUT2D eigenvalue weighted by Gasteiger charge is 2.15. The SMILES string of the molecule is CCNC(Cc1cc(F)ccc1C)c1cc(Cl)ccc1C. The van der Waals surface area contributed by atoms with Gasteiger partial charge in [0.15, 0.2) is 0 Å². The number of rotatable bonds is 5. The maximum atomic E-state index is 13.5. The molecule has 0 aliphatic rings. The number of aryl methyl sites for hydroxylation is 2. The molecule has 0 heterocycles. The Bertz CT molecular complexity index is 625. The molecule has 2 aromatic rings. The predicted octanol–water partition coefficient (Wildman–Crippen LogP) is 4.99. The van der Waals surface area contributed by atoms with E-state index >= 15 is 0 Å². The van der Waals surface area contributed by atoms with Crippen LogP contribution in [-0.2, 0) is 6.42 Å². The summed E-state index contributed by atoms with van der Waals surface area (Å²) in [5.41, 5.74) is 4.51. The molecule has 1 N–H and O–H groups in total. The number of halogens is 2. The van der Waals surface area contributed by atoms with Crippen LogP contribution in [0.25, 0.3) is 0 Å². The number of nitrogens with one attached hydrogen (secondary N) is 1. The molecule has 0 fully saturated rings. The van der Waals surface area contributed by atoms with Gasteiger partial charge in [-0.1, -0.05) is 30.7 Å². The summed E-state index contributed by atoms with van der Waals surface area (Å²) in [5, 5.41) is 4.21. The Labute approximate surface area is 131 Å². The third-order valence-electron chi connectivity index (χ3n) is 3.80. The van der Waals surface area contributed by atoms with E-state index in [1.807, 2.05) is 31.2 Å². The molecule has 0 spiro atoms. The highest BCUT2D eigenvalue weighted by Crippen LogP contribution is 2.26. The zero-order chi connectivity index (χ0) is 15.4. The molecule has 112 valence electrons. The van der Waals surface area contributed by atoms with Gasteiger partial charge in [-0.2, -0.15) is 0 Å². The van der Waals surface area contributed by atoms with Crippen LogP contribution in [0.5, 0.6) is 0 Å². The first-order chi connectivity index (χ1) is 10.0. The lowest BCUT2D eigenvalue weighted by atomic mass is 9.93. The van der Waals surface area contributed by atoms with E-state index in [1.165, 1.54) is 17.2 Å². The van der Waals surface area contributed by atoms with Crippen molar-refractivity contribution >= 4 is 11.6 Å². The van der Waals surface area contributed by atoms with Crippen molar-refractivity contribution in [2.75, 3.05) is 6.54 Å². The summed E-state index contributed by atoms with van der Waals surface area (Å²) < 4.78 is 13.5. The molecule has 1 atom stereocenters. The van der Waals surface area contributed by atoms with Crippen LogP contribution in [0.4, 0.5) is 4.39 Å². The molecular formula is C18H21ClFN. The lowest BCUT2D eigenvalue weighted by Gasteiger charge is -2.22. The number of likely N-dealkylation sites (N-methyl/N-ethyl adjacent to an activating group) is 1. The quantitative estimate of drug-likeness (QED) is 0.820. The molecule has 0 aliphatic heterocycles. The maximum absolute atomic E-state index is 13.5. The zero-order valence-corrected chi connectivity index (χ0v) is 13.5. The van der Waals surface area contributed by atoms with E-state index in [2.05, 4.69) is 19.2 Å². The number of hydrogen-bond donors (Lipinski definition) is 1. The van der Waals surface area contributed by atoms with Crippen molar-refractivity contribution in [2.45, 2.75) is 33.2 Å². The van der Waals surface area contributed by atoms with Crippen LogP contribution in [0.1, 0.15) is 35.2 Å². The van der Waals surface area contributed by atoms with Gasteiger partial charge in [0.05, 0.1) is 0 Å². The lowest BCUT2D eigenvalue weighted by Crippen LogP contribution is -2.24. The molecule has 1 nitrogen and oxygen atoms in total. The molecule has 0 amide bonds. The average Bonchev–Trinajstić information content (AvgIpc) is 2.45. The summed E-state index contributed by atoms with van der Waals surface area (Å²) in [7, 11) is 0. The highest BCUT2D eigenvalue weighted by molar-refractivity contribution is 6.30. The molecule has 0 bridgehead atoms.